The molecular formula is C18H20ClN3O. The number of nitrogens with zero attached hydrogens (tertiary/aromatic N) is 2. The number of amides is 1. The van der Waals surface area contributed by atoms with Crippen LogP contribution in [0.4, 0.5) is 0 Å². The third kappa shape index (κ3) is 3.52. The zero-order valence-corrected chi connectivity index (χ0v) is 13.8. The van der Waals surface area contributed by atoms with Crippen molar-refractivity contribution >= 4 is 28.4 Å². The van der Waals surface area contributed by atoms with Crippen LogP contribution in [0.25, 0.3) is 10.9 Å². The van der Waals surface area contributed by atoms with Crippen LogP contribution in [0.2, 0.25) is 5.02 Å². The van der Waals surface area contributed by atoms with Gasteiger partial charge >= 0.3 is 0 Å². The lowest BCUT2D eigenvalue weighted by atomic mass is 10.1. The number of hydrogen-bond acceptors (Lipinski definition) is 2. The van der Waals surface area contributed by atoms with Gasteiger partial charge in [0, 0.05) is 43.3 Å². The molecule has 0 unspecified atom stereocenters. The maximum absolute atomic E-state index is 12.6. The first-order valence-corrected chi connectivity index (χ1v) is 8.25. The lowest BCUT2D eigenvalue weighted by Gasteiger charge is -2.21. The highest BCUT2D eigenvalue weighted by atomic mass is 35.5. The largest absolute Gasteiger partial charge is 0.361 e. The Hall–Kier alpha value is -1.96. The highest BCUT2D eigenvalue weighted by Gasteiger charge is 2.20. The summed E-state index contributed by atoms with van der Waals surface area (Å²) in [5, 5.41) is 1.63. The van der Waals surface area contributed by atoms with Crippen LogP contribution < -0.4 is 0 Å². The Labute approximate surface area is 141 Å². The molecule has 4 nitrogen and oxygen atoms in total. The quantitative estimate of drug-likeness (QED) is 0.879. The second-order valence-corrected chi connectivity index (χ2v) is 6.27. The van der Waals surface area contributed by atoms with Gasteiger partial charge in [0.1, 0.15) is 0 Å². The van der Waals surface area contributed by atoms with Crippen LogP contribution >= 0.6 is 11.6 Å². The van der Waals surface area contributed by atoms with Gasteiger partial charge in [-0.05, 0) is 24.1 Å². The van der Waals surface area contributed by atoms with Gasteiger partial charge in [-0.2, -0.15) is 0 Å². The molecule has 0 aliphatic carbocycles. The molecule has 1 N–H and O–H groups in total. The minimum absolute atomic E-state index is 0.147. The summed E-state index contributed by atoms with van der Waals surface area (Å²) in [5.41, 5.74) is 1.93. The van der Waals surface area contributed by atoms with Crippen LogP contribution in [0.3, 0.4) is 0 Å². The Morgan fingerprint density at radius 3 is 3.00 bits per heavy atom. The zero-order chi connectivity index (χ0) is 16.2. The van der Waals surface area contributed by atoms with E-state index in [2.05, 4.69) is 15.8 Å². The average molecular weight is 330 g/mol. The smallest absolute Gasteiger partial charge is 0.227 e. The van der Waals surface area contributed by atoms with Crippen LogP contribution in [0, 0.1) is 12.3 Å². The van der Waals surface area contributed by atoms with Gasteiger partial charge in [-0.3, -0.25) is 9.69 Å². The molecule has 0 spiro atoms. The lowest BCUT2D eigenvalue weighted by molar-refractivity contribution is -0.130. The van der Waals surface area contributed by atoms with E-state index in [1.807, 2.05) is 29.3 Å². The first kappa shape index (κ1) is 15.9. The van der Waals surface area contributed by atoms with Gasteiger partial charge in [0.05, 0.1) is 18.0 Å². The molecule has 23 heavy (non-hydrogen) atoms. The van der Waals surface area contributed by atoms with Crippen LogP contribution in [0.1, 0.15) is 12.0 Å². The Morgan fingerprint density at radius 1 is 1.30 bits per heavy atom. The van der Waals surface area contributed by atoms with Gasteiger partial charge in [-0.15, -0.1) is 6.42 Å². The summed E-state index contributed by atoms with van der Waals surface area (Å²) in [7, 11) is 0. The number of rotatable bonds is 3. The molecule has 2 heterocycles. The van der Waals surface area contributed by atoms with Crippen molar-refractivity contribution in [2.75, 3.05) is 32.7 Å². The molecule has 0 saturated carbocycles. The molecule has 120 valence electrons. The number of carbonyl (C=O) groups is 1. The molecule has 1 amide bonds. The highest BCUT2D eigenvalue weighted by Crippen LogP contribution is 2.27. The van der Waals surface area contributed by atoms with E-state index in [9.17, 15) is 4.79 Å². The fourth-order valence-corrected chi connectivity index (χ4v) is 3.43. The van der Waals surface area contributed by atoms with Crippen molar-refractivity contribution in [2.24, 2.45) is 0 Å². The Balaban J connectivity index is 1.70. The second kappa shape index (κ2) is 7.08. The van der Waals surface area contributed by atoms with E-state index < -0.39 is 0 Å². The van der Waals surface area contributed by atoms with Crippen molar-refractivity contribution in [3.8, 4) is 12.3 Å². The summed E-state index contributed by atoms with van der Waals surface area (Å²) in [6.45, 7) is 3.96. The molecule has 5 heteroatoms. The molecule has 3 rings (SSSR count). The predicted molar refractivity (Wildman–Crippen MR) is 93.5 cm³/mol. The summed E-state index contributed by atoms with van der Waals surface area (Å²) in [6.07, 6.45) is 8.59. The monoisotopic (exact) mass is 329 g/mol. The summed E-state index contributed by atoms with van der Waals surface area (Å²) < 4.78 is 0. The fourth-order valence-electron chi connectivity index (χ4n) is 3.13. The van der Waals surface area contributed by atoms with Gasteiger partial charge in [-0.25, -0.2) is 0 Å². The number of halogens is 1. The number of aromatic amines is 1. The number of nitrogens with one attached hydrogen (secondary N) is 1. The minimum Gasteiger partial charge on any atom is -0.361 e. The van der Waals surface area contributed by atoms with E-state index in [0.717, 1.165) is 49.1 Å². The van der Waals surface area contributed by atoms with Crippen LogP contribution in [0.15, 0.2) is 24.4 Å². The first-order chi connectivity index (χ1) is 11.2. The highest BCUT2D eigenvalue weighted by molar-refractivity contribution is 6.35. The number of aromatic nitrogens is 1. The third-order valence-electron chi connectivity index (χ3n) is 4.33. The van der Waals surface area contributed by atoms with Crippen LogP contribution in [-0.2, 0) is 11.2 Å². The van der Waals surface area contributed by atoms with E-state index >= 15 is 0 Å². The summed E-state index contributed by atoms with van der Waals surface area (Å²) in [5.74, 6) is 2.82. The molecule has 1 saturated heterocycles. The normalized spacial score (nSPS) is 16.3. The molecule has 0 bridgehead atoms. The standard InChI is InChI=1S/C18H20ClN3O/c1-2-7-21-8-4-9-22(11-10-21)17(23)12-14-13-20-16-6-3-5-15(19)18(14)16/h1,3,5-6,13,20H,4,7-12H2. The number of carbonyl (C=O) groups excluding carboxylic acids is 1. The van der Waals surface area contributed by atoms with Crippen molar-refractivity contribution in [3.63, 3.8) is 0 Å². The third-order valence-corrected chi connectivity index (χ3v) is 4.65. The Bertz CT molecular complexity index is 746. The van der Waals surface area contributed by atoms with E-state index in [-0.39, 0.29) is 5.91 Å². The van der Waals surface area contributed by atoms with Crippen molar-refractivity contribution in [1.82, 2.24) is 14.8 Å². The van der Waals surface area contributed by atoms with E-state index in [1.54, 1.807) is 0 Å². The Morgan fingerprint density at radius 2 is 2.17 bits per heavy atom. The number of H-pyrrole nitrogens is 1. The molecule has 1 aromatic heterocycles. The van der Waals surface area contributed by atoms with Crippen molar-refractivity contribution in [1.29, 1.82) is 0 Å². The van der Waals surface area contributed by atoms with Crippen molar-refractivity contribution in [3.05, 3.63) is 35.0 Å². The number of terminal acetylenes is 1. The lowest BCUT2D eigenvalue weighted by Crippen LogP contribution is -2.36. The molecule has 1 fully saturated rings. The maximum atomic E-state index is 12.6. The van der Waals surface area contributed by atoms with Crippen LogP contribution in [0.5, 0.6) is 0 Å². The summed E-state index contributed by atoms with van der Waals surface area (Å²) >= 11 is 6.28. The minimum atomic E-state index is 0.147. The molecular weight excluding hydrogens is 310 g/mol. The van der Waals surface area contributed by atoms with E-state index in [1.165, 1.54) is 0 Å². The number of hydrogen-bond donors (Lipinski definition) is 1. The second-order valence-electron chi connectivity index (χ2n) is 5.87. The van der Waals surface area contributed by atoms with Gasteiger partial charge in [-0.1, -0.05) is 23.6 Å². The van der Waals surface area contributed by atoms with Crippen molar-refractivity contribution in [2.45, 2.75) is 12.8 Å². The first-order valence-electron chi connectivity index (χ1n) is 7.87. The summed E-state index contributed by atoms with van der Waals surface area (Å²) in [4.78, 5) is 20.0. The molecule has 0 atom stereocenters. The molecule has 1 aliphatic heterocycles. The number of benzene rings is 1. The van der Waals surface area contributed by atoms with Gasteiger partial charge in [0.2, 0.25) is 5.91 Å². The predicted octanol–water partition coefficient (Wildman–Crippen LogP) is 2.53. The van der Waals surface area contributed by atoms with Crippen molar-refractivity contribution < 1.29 is 4.79 Å². The van der Waals surface area contributed by atoms with Crippen LogP contribution in [-0.4, -0.2) is 53.4 Å². The van der Waals surface area contributed by atoms with Gasteiger partial charge in [0.25, 0.3) is 0 Å². The molecule has 1 aliphatic rings. The fraction of sp³-hybridized carbons (Fsp3) is 0.389. The topological polar surface area (TPSA) is 39.3 Å². The maximum Gasteiger partial charge on any atom is 0.227 e. The van der Waals surface area contributed by atoms with E-state index in [4.69, 9.17) is 18.0 Å². The van der Waals surface area contributed by atoms with E-state index in [0.29, 0.717) is 18.0 Å². The zero-order valence-electron chi connectivity index (χ0n) is 13.0. The molecule has 2 aromatic rings. The van der Waals surface area contributed by atoms with Gasteiger partial charge in [0.15, 0.2) is 0 Å². The molecule has 0 radical (unpaired) electrons. The average Bonchev–Trinajstić information content (AvgIpc) is 2.79. The number of fused-ring (bicyclic) bond motifs is 1. The van der Waals surface area contributed by atoms with Gasteiger partial charge < -0.3 is 9.88 Å². The SMILES string of the molecule is C#CCN1CCCN(C(=O)Cc2c[nH]c3cccc(Cl)c23)CC1. The summed E-state index contributed by atoms with van der Waals surface area (Å²) in [6, 6.07) is 5.73. The molecule has 1 aromatic carbocycles. The Kier molecular flexibility index (Phi) is 4.90.